The van der Waals surface area contributed by atoms with Crippen molar-refractivity contribution in [3.05, 3.63) is 90.5 Å². The first-order valence-corrected chi connectivity index (χ1v) is 12.6. The smallest absolute Gasteiger partial charge is 0.319 e. The highest BCUT2D eigenvalue weighted by Gasteiger charge is 2.22. The van der Waals surface area contributed by atoms with E-state index in [-0.39, 0.29) is 5.91 Å². The van der Waals surface area contributed by atoms with Gasteiger partial charge in [0.25, 0.3) is 0 Å². The summed E-state index contributed by atoms with van der Waals surface area (Å²) >= 11 is 0. The van der Waals surface area contributed by atoms with Gasteiger partial charge in [-0.25, -0.2) is 4.79 Å². The topological polar surface area (TPSA) is 73.5 Å². The highest BCUT2D eigenvalue weighted by molar-refractivity contribution is 5.94. The van der Waals surface area contributed by atoms with Crippen LogP contribution in [0.1, 0.15) is 33.3 Å². The van der Waals surface area contributed by atoms with Crippen LogP contribution in [0.15, 0.2) is 84.9 Å². The van der Waals surface area contributed by atoms with Crippen LogP contribution >= 0.6 is 0 Å². The first-order valence-electron chi connectivity index (χ1n) is 12.6. The van der Waals surface area contributed by atoms with E-state index in [9.17, 15) is 9.59 Å². The second-order valence-electron chi connectivity index (χ2n) is 9.50. The maximum absolute atomic E-state index is 13.1. The lowest BCUT2D eigenvalue weighted by Crippen LogP contribution is -2.51. The summed E-state index contributed by atoms with van der Waals surface area (Å²) in [7, 11) is 0. The van der Waals surface area contributed by atoms with E-state index in [0.29, 0.717) is 30.7 Å². The molecule has 0 radical (unpaired) electrons. The maximum atomic E-state index is 13.1. The number of carbonyl (C=O) groups excluding carboxylic acids is 2. The Kier molecular flexibility index (Phi) is 10.1. The summed E-state index contributed by atoms with van der Waals surface area (Å²) in [6.07, 6.45) is 0.408. The molecule has 0 saturated heterocycles. The van der Waals surface area contributed by atoms with Crippen molar-refractivity contribution in [2.24, 2.45) is 0 Å². The van der Waals surface area contributed by atoms with Gasteiger partial charge >= 0.3 is 6.03 Å². The minimum absolute atomic E-state index is 0.194. The van der Waals surface area contributed by atoms with Crippen LogP contribution in [0.4, 0.5) is 10.5 Å². The van der Waals surface area contributed by atoms with E-state index in [1.54, 1.807) is 0 Å². The Labute approximate surface area is 215 Å². The number of carbonyl (C=O) groups is 2. The predicted octanol–water partition coefficient (Wildman–Crippen LogP) is 5.32. The van der Waals surface area contributed by atoms with Gasteiger partial charge in [-0.2, -0.15) is 0 Å². The number of rotatable bonds is 11. The van der Waals surface area contributed by atoms with E-state index in [0.717, 1.165) is 23.2 Å². The van der Waals surface area contributed by atoms with Crippen LogP contribution in [0.5, 0.6) is 0 Å². The van der Waals surface area contributed by atoms with Gasteiger partial charge < -0.3 is 16.0 Å². The summed E-state index contributed by atoms with van der Waals surface area (Å²) < 4.78 is 0. The second-order valence-corrected chi connectivity index (χ2v) is 9.50. The fourth-order valence-electron chi connectivity index (χ4n) is 4.31. The normalized spacial score (nSPS) is 12.0. The summed E-state index contributed by atoms with van der Waals surface area (Å²) in [4.78, 5) is 28.2. The Morgan fingerprint density at radius 1 is 0.750 bits per heavy atom. The molecule has 0 aliphatic carbocycles. The number of hydrogen-bond acceptors (Lipinski definition) is 3. The Bertz CT molecular complexity index is 1070. The highest BCUT2D eigenvalue weighted by atomic mass is 16.2. The first kappa shape index (κ1) is 27.0. The molecule has 0 aromatic heterocycles. The van der Waals surface area contributed by atoms with Crippen molar-refractivity contribution < 1.29 is 9.59 Å². The lowest BCUT2D eigenvalue weighted by molar-refractivity contribution is -0.123. The molecule has 0 aliphatic heterocycles. The lowest BCUT2D eigenvalue weighted by atomic mass is 10.1. The monoisotopic (exact) mass is 486 g/mol. The molecule has 0 fully saturated rings. The van der Waals surface area contributed by atoms with Crippen LogP contribution in [0, 0.1) is 0 Å². The molecular weight excluding hydrogens is 448 g/mol. The van der Waals surface area contributed by atoms with E-state index in [1.807, 2.05) is 84.9 Å². The number of nitrogens with zero attached hydrogens (tertiary/aromatic N) is 1. The quantitative estimate of drug-likeness (QED) is 0.343. The van der Waals surface area contributed by atoms with Gasteiger partial charge in [0.2, 0.25) is 5.91 Å². The number of nitrogens with one attached hydrogen (secondary N) is 3. The van der Waals surface area contributed by atoms with Crippen LogP contribution in [-0.2, 0) is 11.2 Å². The minimum atomic E-state index is -0.692. The SMILES string of the molecule is CC(C)N(CCNC(=O)C(Cc1ccccc1)NC(=O)Nc1ccc(-c2ccccc2)cc1)C(C)C. The average molecular weight is 487 g/mol. The Hall–Kier alpha value is -3.64. The van der Waals surface area contributed by atoms with Crippen LogP contribution in [0.3, 0.4) is 0 Å². The summed E-state index contributed by atoms with van der Waals surface area (Å²) in [6.45, 7) is 9.87. The molecule has 3 aromatic carbocycles. The van der Waals surface area contributed by atoms with Crippen molar-refractivity contribution in [1.29, 1.82) is 0 Å². The van der Waals surface area contributed by atoms with Gasteiger partial charge in [-0.1, -0.05) is 72.8 Å². The Morgan fingerprint density at radius 2 is 1.31 bits per heavy atom. The standard InChI is InChI=1S/C30H38N4O2/c1-22(2)34(23(3)4)20-19-31-29(35)28(21-24-11-7-5-8-12-24)33-30(36)32-27-17-15-26(16-18-27)25-13-9-6-10-14-25/h5-18,22-23,28H,19-21H2,1-4H3,(H,31,35)(H2,32,33,36). The Morgan fingerprint density at radius 3 is 1.89 bits per heavy atom. The third-order valence-corrected chi connectivity index (χ3v) is 6.15. The van der Waals surface area contributed by atoms with Crippen molar-refractivity contribution in [3.8, 4) is 11.1 Å². The summed E-state index contributed by atoms with van der Waals surface area (Å²) in [5.74, 6) is -0.194. The first-order chi connectivity index (χ1) is 17.3. The molecule has 0 bridgehead atoms. The summed E-state index contributed by atoms with van der Waals surface area (Å²) in [5.41, 5.74) is 3.83. The van der Waals surface area contributed by atoms with Gasteiger partial charge in [0, 0.05) is 37.3 Å². The molecule has 3 aromatic rings. The van der Waals surface area contributed by atoms with E-state index < -0.39 is 12.1 Å². The zero-order chi connectivity index (χ0) is 25.9. The van der Waals surface area contributed by atoms with Gasteiger partial charge in [-0.05, 0) is 56.5 Å². The zero-order valence-corrected chi connectivity index (χ0v) is 21.7. The number of anilines is 1. The van der Waals surface area contributed by atoms with Crippen LogP contribution in [0.2, 0.25) is 0 Å². The van der Waals surface area contributed by atoms with E-state index >= 15 is 0 Å². The molecule has 3 amide bonds. The average Bonchev–Trinajstić information content (AvgIpc) is 2.87. The van der Waals surface area contributed by atoms with Crippen molar-refractivity contribution in [2.75, 3.05) is 18.4 Å². The Balaban J connectivity index is 1.62. The molecule has 36 heavy (non-hydrogen) atoms. The van der Waals surface area contributed by atoms with Crippen molar-refractivity contribution in [2.45, 2.75) is 52.2 Å². The molecule has 3 rings (SSSR count). The van der Waals surface area contributed by atoms with Crippen molar-refractivity contribution in [1.82, 2.24) is 15.5 Å². The molecule has 0 aliphatic rings. The van der Waals surface area contributed by atoms with Gasteiger partial charge in [0.1, 0.15) is 6.04 Å². The molecule has 1 unspecified atom stereocenters. The minimum Gasteiger partial charge on any atom is -0.353 e. The molecule has 190 valence electrons. The third kappa shape index (κ3) is 8.24. The largest absolute Gasteiger partial charge is 0.353 e. The fourth-order valence-corrected chi connectivity index (χ4v) is 4.31. The number of benzene rings is 3. The summed E-state index contributed by atoms with van der Waals surface area (Å²) in [6, 6.07) is 27.1. The predicted molar refractivity (Wildman–Crippen MR) is 148 cm³/mol. The lowest BCUT2D eigenvalue weighted by Gasteiger charge is -2.30. The maximum Gasteiger partial charge on any atom is 0.319 e. The molecule has 3 N–H and O–H groups in total. The second kappa shape index (κ2) is 13.4. The zero-order valence-electron chi connectivity index (χ0n) is 21.7. The van der Waals surface area contributed by atoms with Crippen molar-refractivity contribution in [3.63, 3.8) is 0 Å². The van der Waals surface area contributed by atoms with E-state index in [1.165, 1.54) is 0 Å². The van der Waals surface area contributed by atoms with Gasteiger partial charge in [-0.3, -0.25) is 9.69 Å². The fraction of sp³-hybridized carbons (Fsp3) is 0.333. The van der Waals surface area contributed by atoms with Crippen LogP contribution in [-0.4, -0.2) is 48.1 Å². The third-order valence-electron chi connectivity index (χ3n) is 6.15. The molecule has 0 heterocycles. The van der Waals surface area contributed by atoms with Crippen molar-refractivity contribution >= 4 is 17.6 Å². The van der Waals surface area contributed by atoms with E-state index in [4.69, 9.17) is 0 Å². The number of hydrogen-bond donors (Lipinski definition) is 3. The van der Waals surface area contributed by atoms with E-state index in [2.05, 4.69) is 48.5 Å². The molecule has 1 atom stereocenters. The highest BCUT2D eigenvalue weighted by Crippen LogP contribution is 2.21. The molecular formula is C30H38N4O2. The van der Waals surface area contributed by atoms with Gasteiger partial charge in [0.05, 0.1) is 0 Å². The number of amides is 3. The summed E-state index contributed by atoms with van der Waals surface area (Å²) in [5, 5.41) is 8.74. The molecule has 0 saturated carbocycles. The molecule has 0 spiro atoms. The van der Waals surface area contributed by atoms with Crippen LogP contribution < -0.4 is 16.0 Å². The number of urea groups is 1. The molecule has 6 nitrogen and oxygen atoms in total. The van der Waals surface area contributed by atoms with Gasteiger partial charge in [-0.15, -0.1) is 0 Å². The van der Waals surface area contributed by atoms with Gasteiger partial charge in [0.15, 0.2) is 0 Å². The molecule has 6 heteroatoms. The van der Waals surface area contributed by atoms with Crippen LogP contribution in [0.25, 0.3) is 11.1 Å².